The summed E-state index contributed by atoms with van der Waals surface area (Å²) in [5, 5.41) is 0.797. The molecule has 2 unspecified atom stereocenters. The molecular weight excluding hydrogens is 282 g/mol. The number of aryl methyl sites for hydroxylation is 1. The van der Waals surface area contributed by atoms with E-state index in [0.29, 0.717) is 5.92 Å². The van der Waals surface area contributed by atoms with Gasteiger partial charge in [-0.15, -0.1) is 0 Å². The van der Waals surface area contributed by atoms with Crippen molar-refractivity contribution in [1.29, 1.82) is 0 Å². The van der Waals surface area contributed by atoms with Crippen molar-refractivity contribution < 1.29 is 4.74 Å². The Bertz CT molecular complexity index is 641. The molecule has 110 valence electrons. The summed E-state index contributed by atoms with van der Waals surface area (Å²) < 4.78 is 5.72. The molecule has 2 nitrogen and oxygen atoms in total. The maximum absolute atomic E-state index is 6.43. The zero-order valence-corrected chi connectivity index (χ0v) is 12.9. The van der Waals surface area contributed by atoms with Crippen LogP contribution in [0.4, 0.5) is 0 Å². The Kier molecular flexibility index (Phi) is 4.18. The van der Waals surface area contributed by atoms with Crippen molar-refractivity contribution in [3.8, 4) is 5.75 Å². The van der Waals surface area contributed by atoms with Crippen molar-refractivity contribution in [2.45, 2.75) is 31.7 Å². The number of para-hydroxylation sites is 1. The van der Waals surface area contributed by atoms with Crippen LogP contribution in [0.1, 0.15) is 41.5 Å². The molecule has 0 fully saturated rings. The number of benzene rings is 2. The zero-order valence-electron chi connectivity index (χ0n) is 12.2. The van der Waals surface area contributed by atoms with Crippen LogP contribution in [-0.2, 0) is 0 Å². The van der Waals surface area contributed by atoms with Crippen LogP contribution in [-0.4, -0.2) is 6.61 Å². The highest BCUT2D eigenvalue weighted by atomic mass is 35.5. The first-order valence-electron chi connectivity index (χ1n) is 7.39. The standard InChI is InChI=1S/C18H20ClNO/c1-12-5-4-7-15(18(12)19)16(20)11-13-9-10-21-17-8-3-2-6-14(13)17/h2-8,13,16H,9-11,20H2,1H3. The average molecular weight is 302 g/mol. The molecule has 1 aliphatic heterocycles. The van der Waals surface area contributed by atoms with Gasteiger partial charge in [-0.3, -0.25) is 0 Å². The fourth-order valence-corrected chi connectivity index (χ4v) is 3.32. The molecule has 0 aromatic heterocycles. The fraction of sp³-hybridized carbons (Fsp3) is 0.333. The minimum Gasteiger partial charge on any atom is -0.493 e. The Morgan fingerprint density at radius 2 is 2.05 bits per heavy atom. The molecule has 0 saturated heterocycles. The van der Waals surface area contributed by atoms with E-state index < -0.39 is 0 Å². The second-order valence-electron chi connectivity index (χ2n) is 5.69. The van der Waals surface area contributed by atoms with Gasteiger partial charge in [0.1, 0.15) is 5.75 Å². The second-order valence-corrected chi connectivity index (χ2v) is 6.07. The summed E-state index contributed by atoms with van der Waals surface area (Å²) in [6.07, 6.45) is 1.90. The lowest BCUT2D eigenvalue weighted by Gasteiger charge is -2.28. The van der Waals surface area contributed by atoms with Gasteiger partial charge >= 0.3 is 0 Å². The quantitative estimate of drug-likeness (QED) is 0.899. The summed E-state index contributed by atoms with van der Waals surface area (Å²) in [5.74, 6) is 1.43. The second kappa shape index (κ2) is 6.08. The van der Waals surface area contributed by atoms with E-state index in [-0.39, 0.29) is 6.04 Å². The van der Waals surface area contributed by atoms with Crippen LogP contribution in [0.5, 0.6) is 5.75 Å². The van der Waals surface area contributed by atoms with Crippen LogP contribution in [0, 0.1) is 6.92 Å². The zero-order chi connectivity index (χ0) is 14.8. The first-order valence-corrected chi connectivity index (χ1v) is 7.77. The lowest BCUT2D eigenvalue weighted by atomic mass is 9.85. The molecular formula is C18H20ClNO. The molecule has 2 aromatic rings. The van der Waals surface area contributed by atoms with E-state index >= 15 is 0 Å². The first-order chi connectivity index (χ1) is 10.2. The van der Waals surface area contributed by atoms with Gasteiger partial charge < -0.3 is 10.5 Å². The van der Waals surface area contributed by atoms with Crippen molar-refractivity contribution in [2.24, 2.45) is 5.73 Å². The van der Waals surface area contributed by atoms with E-state index in [9.17, 15) is 0 Å². The summed E-state index contributed by atoms with van der Waals surface area (Å²) in [6.45, 7) is 2.78. The third-order valence-electron chi connectivity index (χ3n) is 4.24. The van der Waals surface area contributed by atoms with Gasteiger partial charge in [0.25, 0.3) is 0 Å². The van der Waals surface area contributed by atoms with Gasteiger partial charge in [0.05, 0.1) is 6.61 Å². The van der Waals surface area contributed by atoms with Crippen molar-refractivity contribution in [3.63, 3.8) is 0 Å². The SMILES string of the molecule is Cc1cccc(C(N)CC2CCOc3ccccc32)c1Cl. The van der Waals surface area contributed by atoms with Gasteiger partial charge in [-0.1, -0.05) is 48.0 Å². The first kappa shape index (κ1) is 14.4. The van der Waals surface area contributed by atoms with Crippen molar-refractivity contribution in [1.82, 2.24) is 0 Å². The monoisotopic (exact) mass is 301 g/mol. The number of rotatable bonds is 3. The summed E-state index contributed by atoms with van der Waals surface area (Å²) >= 11 is 6.40. The molecule has 0 bridgehead atoms. The molecule has 0 radical (unpaired) electrons. The average Bonchev–Trinajstić information content (AvgIpc) is 2.50. The molecule has 21 heavy (non-hydrogen) atoms. The van der Waals surface area contributed by atoms with Crippen molar-refractivity contribution in [3.05, 3.63) is 64.2 Å². The highest BCUT2D eigenvalue weighted by Crippen LogP contribution is 2.39. The van der Waals surface area contributed by atoms with Crippen LogP contribution in [0.25, 0.3) is 0 Å². The van der Waals surface area contributed by atoms with Crippen LogP contribution in [0.15, 0.2) is 42.5 Å². The maximum atomic E-state index is 6.43. The van der Waals surface area contributed by atoms with E-state index in [1.54, 1.807) is 0 Å². The van der Waals surface area contributed by atoms with Crippen LogP contribution in [0.2, 0.25) is 5.02 Å². The third kappa shape index (κ3) is 2.92. The lowest BCUT2D eigenvalue weighted by Crippen LogP contribution is -2.20. The Morgan fingerprint density at radius 1 is 1.24 bits per heavy atom. The van der Waals surface area contributed by atoms with E-state index in [4.69, 9.17) is 22.1 Å². The van der Waals surface area contributed by atoms with Crippen LogP contribution < -0.4 is 10.5 Å². The predicted molar refractivity (Wildman–Crippen MR) is 87.0 cm³/mol. The molecule has 2 N–H and O–H groups in total. The van der Waals surface area contributed by atoms with Gasteiger partial charge in [0.15, 0.2) is 0 Å². The van der Waals surface area contributed by atoms with Crippen molar-refractivity contribution >= 4 is 11.6 Å². The number of ether oxygens (including phenoxy) is 1. The molecule has 1 aliphatic rings. The normalized spacial score (nSPS) is 18.7. The minimum atomic E-state index is -0.0476. The minimum absolute atomic E-state index is 0.0476. The van der Waals surface area contributed by atoms with Crippen LogP contribution in [0.3, 0.4) is 0 Å². The Morgan fingerprint density at radius 3 is 2.90 bits per heavy atom. The summed E-state index contributed by atoms with van der Waals surface area (Å²) in [5.41, 5.74) is 9.82. The number of nitrogens with two attached hydrogens (primary N) is 1. The van der Waals surface area contributed by atoms with Gasteiger partial charge in [0, 0.05) is 11.1 Å². The molecule has 2 atom stereocenters. The van der Waals surface area contributed by atoms with Gasteiger partial charge in [-0.2, -0.15) is 0 Å². The van der Waals surface area contributed by atoms with E-state index in [2.05, 4.69) is 12.1 Å². The Hall–Kier alpha value is -1.51. The largest absolute Gasteiger partial charge is 0.493 e. The van der Waals surface area contributed by atoms with Gasteiger partial charge in [-0.25, -0.2) is 0 Å². The van der Waals surface area contributed by atoms with Crippen LogP contribution >= 0.6 is 11.6 Å². The highest BCUT2D eigenvalue weighted by molar-refractivity contribution is 6.32. The predicted octanol–water partition coefficient (Wildman–Crippen LogP) is 4.60. The molecule has 0 spiro atoms. The van der Waals surface area contributed by atoms with Crippen molar-refractivity contribution in [2.75, 3.05) is 6.61 Å². The Balaban J connectivity index is 1.83. The number of fused-ring (bicyclic) bond motifs is 1. The summed E-state index contributed by atoms with van der Waals surface area (Å²) in [6, 6.07) is 14.3. The smallest absolute Gasteiger partial charge is 0.122 e. The molecule has 0 saturated carbocycles. The number of hydrogen-bond acceptors (Lipinski definition) is 2. The van der Waals surface area contributed by atoms with E-state index in [0.717, 1.165) is 41.3 Å². The summed E-state index contributed by atoms with van der Waals surface area (Å²) in [4.78, 5) is 0. The van der Waals surface area contributed by atoms with E-state index in [1.165, 1.54) is 5.56 Å². The third-order valence-corrected chi connectivity index (χ3v) is 4.76. The van der Waals surface area contributed by atoms with Gasteiger partial charge in [0.2, 0.25) is 0 Å². The molecule has 0 aliphatic carbocycles. The maximum Gasteiger partial charge on any atom is 0.122 e. The molecule has 3 rings (SSSR count). The highest BCUT2D eigenvalue weighted by Gasteiger charge is 2.24. The molecule has 3 heteroatoms. The molecule has 1 heterocycles. The van der Waals surface area contributed by atoms with Gasteiger partial charge in [-0.05, 0) is 48.4 Å². The Labute approximate surface area is 130 Å². The van der Waals surface area contributed by atoms with E-state index in [1.807, 2.05) is 37.3 Å². The lowest BCUT2D eigenvalue weighted by molar-refractivity contribution is 0.259. The molecule has 0 amide bonds. The number of hydrogen-bond donors (Lipinski definition) is 1. The fourth-order valence-electron chi connectivity index (χ4n) is 3.05. The number of halogens is 1. The topological polar surface area (TPSA) is 35.2 Å². The summed E-state index contributed by atoms with van der Waals surface area (Å²) in [7, 11) is 0. The molecule has 2 aromatic carbocycles.